The molecule has 0 spiro atoms. The standard InChI is InChI=1S/C7H11I/c8-7-4-5-1-2-6(7)3-5/h5-7H,1-4H2/t5-,6+,7-/m0/s1. The quantitative estimate of drug-likeness (QED) is 0.436. The summed E-state index contributed by atoms with van der Waals surface area (Å²) in [5.74, 6) is 2.27. The topological polar surface area (TPSA) is 0 Å². The Morgan fingerprint density at radius 2 is 2.00 bits per heavy atom. The number of hydrogen-bond donors (Lipinski definition) is 0. The predicted molar refractivity (Wildman–Crippen MR) is 43.3 cm³/mol. The fourth-order valence-corrected chi connectivity index (χ4v) is 3.54. The lowest BCUT2D eigenvalue weighted by molar-refractivity contribution is 0.503. The number of rotatable bonds is 0. The average molecular weight is 222 g/mol. The summed E-state index contributed by atoms with van der Waals surface area (Å²) in [6.07, 6.45) is 6.18. The zero-order chi connectivity index (χ0) is 5.56. The molecule has 0 amide bonds. The van der Waals surface area contributed by atoms with Gasteiger partial charge in [-0.25, -0.2) is 0 Å². The molecule has 2 aliphatic rings. The van der Waals surface area contributed by atoms with E-state index in [1.807, 2.05) is 0 Å². The summed E-state index contributed by atoms with van der Waals surface area (Å²) in [6.45, 7) is 0. The molecule has 0 aromatic rings. The molecule has 0 radical (unpaired) electrons. The second-order valence-electron chi connectivity index (χ2n) is 3.19. The molecule has 0 unspecified atom stereocenters. The number of halogens is 1. The van der Waals surface area contributed by atoms with Crippen LogP contribution in [0.4, 0.5) is 0 Å². The average Bonchev–Trinajstić information content (AvgIpc) is 2.23. The van der Waals surface area contributed by atoms with Crippen molar-refractivity contribution in [3.8, 4) is 0 Å². The first kappa shape index (κ1) is 5.51. The minimum atomic E-state index is 1.05. The smallest absolute Gasteiger partial charge is 0.0141 e. The van der Waals surface area contributed by atoms with E-state index in [1.165, 1.54) is 12.8 Å². The van der Waals surface area contributed by atoms with Crippen LogP contribution >= 0.6 is 22.6 Å². The van der Waals surface area contributed by atoms with Crippen molar-refractivity contribution in [2.24, 2.45) is 11.8 Å². The van der Waals surface area contributed by atoms with Crippen LogP contribution in [0.5, 0.6) is 0 Å². The van der Waals surface area contributed by atoms with Crippen molar-refractivity contribution in [3.63, 3.8) is 0 Å². The van der Waals surface area contributed by atoms with Gasteiger partial charge < -0.3 is 0 Å². The lowest BCUT2D eigenvalue weighted by Crippen LogP contribution is -2.07. The summed E-state index contributed by atoms with van der Waals surface area (Å²) in [4.78, 5) is 0. The van der Waals surface area contributed by atoms with Gasteiger partial charge in [-0.1, -0.05) is 29.0 Å². The molecule has 0 nitrogen and oxygen atoms in total. The van der Waals surface area contributed by atoms with Crippen LogP contribution in [-0.4, -0.2) is 3.92 Å². The molecule has 0 aliphatic heterocycles. The first-order valence-electron chi connectivity index (χ1n) is 3.50. The van der Waals surface area contributed by atoms with Crippen molar-refractivity contribution in [3.05, 3.63) is 0 Å². The fourth-order valence-electron chi connectivity index (χ4n) is 2.17. The molecule has 0 saturated heterocycles. The molecule has 46 valence electrons. The van der Waals surface area contributed by atoms with Gasteiger partial charge in [-0.05, 0) is 31.1 Å². The van der Waals surface area contributed by atoms with Gasteiger partial charge in [0.05, 0.1) is 0 Å². The molecule has 2 aliphatic carbocycles. The molecule has 8 heavy (non-hydrogen) atoms. The van der Waals surface area contributed by atoms with Gasteiger partial charge in [0.2, 0.25) is 0 Å². The van der Waals surface area contributed by atoms with Crippen molar-refractivity contribution in [1.29, 1.82) is 0 Å². The van der Waals surface area contributed by atoms with Gasteiger partial charge in [-0.3, -0.25) is 0 Å². The maximum absolute atomic E-state index is 2.62. The van der Waals surface area contributed by atoms with Gasteiger partial charge in [0.15, 0.2) is 0 Å². The van der Waals surface area contributed by atoms with Crippen LogP contribution in [0.25, 0.3) is 0 Å². The minimum Gasteiger partial charge on any atom is -0.0823 e. The monoisotopic (exact) mass is 222 g/mol. The summed E-state index contributed by atoms with van der Waals surface area (Å²) in [6, 6.07) is 0. The minimum absolute atomic E-state index is 1.05. The second-order valence-corrected chi connectivity index (χ2v) is 4.79. The molecule has 3 atom stereocenters. The molecule has 2 bridgehead atoms. The summed E-state index contributed by atoms with van der Waals surface area (Å²) in [5.41, 5.74) is 0. The van der Waals surface area contributed by atoms with Crippen LogP contribution in [0.2, 0.25) is 0 Å². The summed E-state index contributed by atoms with van der Waals surface area (Å²) < 4.78 is 1.05. The van der Waals surface area contributed by atoms with Crippen molar-refractivity contribution in [2.45, 2.75) is 29.6 Å². The molecule has 0 N–H and O–H groups in total. The highest BCUT2D eigenvalue weighted by Crippen LogP contribution is 2.47. The van der Waals surface area contributed by atoms with Crippen molar-refractivity contribution >= 4 is 22.6 Å². The van der Waals surface area contributed by atoms with E-state index >= 15 is 0 Å². The highest BCUT2D eigenvalue weighted by Gasteiger charge is 2.37. The molecular formula is C7H11I. The lowest BCUT2D eigenvalue weighted by atomic mass is 10.0. The van der Waals surface area contributed by atoms with Crippen LogP contribution < -0.4 is 0 Å². The van der Waals surface area contributed by atoms with Crippen LogP contribution in [-0.2, 0) is 0 Å². The normalized spacial score (nSPS) is 52.9. The van der Waals surface area contributed by atoms with Crippen LogP contribution in [0.3, 0.4) is 0 Å². The number of alkyl halides is 1. The highest BCUT2D eigenvalue weighted by atomic mass is 127. The summed E-state index contributed by atoms with van der Waals surface area (Å²) in [5, 5.41) is 0. The van der Waals surface area contributed by atoms with Gasteiger partial charge in [0.1, 0.15) is 0 Å². The predicted octanol–water partition coefficient (Wildman–Crippen LogP) is 2.61. The second kappa shape index (κ2) is 1.86. The van der Waals surface area contributed by atoms with E-state index in [2.05, 4.69) is 22.6 Å². The molecule has 2 fully saturated rings. The maximum Gasteiger partial charge on any atom is 0.0141 e. The van der Waals surface area contributed by atoms with Crippen molar-refractivity contribution in [1.82, 2.24) is 0 Å². The number of hydrogen-bond acceptors (Lipinski definition) is 0. The Balaban J connectivity index is 2.11. The van der Waals surface area contributed by atoms with E-state index in [9.17, 15) is 0 Å². The SMILES string of the molecule is I[C@H]1C[C@H]2CC[C@@H]1C2. The molecule has 0 aromatic carbocycles. The van der Waals surface area contributed by atoms with Crippen molar-refractivity contribution < 1.29 is 0 Å². The summed E-state index contributed by atoms with van der Waals surface area (Å²) in [7, 11) is 0. The Morgan fingerprint density at radius 3 is 2.25 bits per heavy atom. The van der Waals surface area contributed by atoms with Gasteiger partial charge in [-0.15, -0.1) is 0 Å². The Bertz CT molecular complexity index is 98.6. The van der Waals surface area contributed by atoms with E-state index in [0.717, 1.165) is 15.8 Å². The number of fused-ring (bicyclic) bond motifs is 2. The van der Waals surface area contributed by atoms with E-state index in [0.29, 0.717) is 0 Å². The maximum atomic E-state index is 2.62. The third kappa shape index (κ3) is 0.703. The molecule has 0 heterocycles. The Labute approximate surface area is 64.2 Å². The molecule has 2 saturated carbocycles. The van der Waals surface area contributed by atoms with Crippen LogP contribution in [0, 0.1) is 11.8 Å². The van der Waals surface area contributed by atoms with Gasteiger partial charge in [0.25, 0.3) is 0 Å². The van der Waals surface area contributed by atoms with Gasteiger partial charge in [-0.2, -0.15) is 0 Å². The molecule has 0 aromatic heterocycles. The lowest BCUT2D eigenvalue weighted by Gasteiger charge is -2.13. The van der Waals surface area contributed by atoms with Crippen LogP contribution in [0.1, 0.15) is 25.7 Å². The molecule has 2 rings (SSSR count). The Morgan fingerprint density at radius 1 is 1.12 bits per heavy atom. The first-order chi connectivity index (χ1) is 3.86. The van der Waals surface area contributed by atoms with Gasteiger partial charge >= 0.3 is 0 Å². The highest BCUT2D eigenvalue weighted by molar-refractivity contribution is 14.1. The van der Waals surface area contributed by atoms with E-state index in [4.69, 9.17) is 0 Å². The summed E-state index contributed by atoms with van der Waals surface area (Å²) >= 11 is 2.62. The third-order valence-corrected chi connectivity index (χ3v) is 4.18. The van der Waals surface area contributed by atoms with Crippen LogP contribution in [0.15, 0.2) is 0 Å². The molecular weight excluding hydrogens is 211 g/mol. The zero-order valence-electron chi connectivity index (χ0n) is 4.94. The largest absolute Gasteiger partial charge is 0.0823 e. The first-order valence-corrected chi connectivity index (χ1v) is 4.75. The zero-order valence-corrected chi connectivity index (χ0v) is 7.10. The molecule has 1 heteroatoms. The fraction of sp³-hybridized carbons (Fsp3) is 1.00. The van der Waals surface area contributed by atoms with E-state index in [-0.39, 0.29) is 0 Å². The van der Waals surface area contributed by atoms with Crippen molar-refractivity contribution in [2.75, 3.05) is 0 Å². The Kier molecular flexibility index (Phi) is 1.28. The van der Waals surface area contributed by atoms with E-state index in [1.54, 1.807) is 12.8 Å². The van der Waals surface area contributed by atoms with E-state index < -0.39 is 0 Å². The Hall–Kier alpha value is 0.730. The third-order valence-electron chi connectivity index (χ3n) is 2.65. The van der Waals surface area contributed by atoms with Gasteiger partial charge in [0, 0.05) is 3.92 Å².